The maximum atomic E-state index is 13.4. The van der Waals surface area contributed by atoms with Crippen LogP contribution in [-0.4, -0.2) is 27.2 Å². The Kier molecular flexibility index (Phi) is 6.15. The second-order valence-corrected chi connectivity index (χ2v) is 9.96. The topological polar surface area (TPSA) is 57.6 Å². The number of aliphatic hydroxyl groups excluding tert-OH is 1. The van der Waals surface area contributed by atoms with Crippen LogP contribution in [0.25, 0.3) is 0 Å². The zero-order chi connectivity index (χ0) is 20.4. The molecule has 1 spiro atoms. The second kappa shape index (κ2) is 8.26. The number of sulfonamides is 1. The maximum Gasteiger partial charge on any atom is 0.264 e. The van der Waals surface area contributed by atoms with E-state index in [1.165, 1.54) is 24.8 Å². The van der Waals surface area contributed by atoms with E-state index >= 15 is 0 Å². The third-order valence-corrected chi connectivity index (χ3v) is 8.41. The Morgan fingerprint density at radius 1 is 1.04 bits per heavy atom. The number of fused-ring (bicyclic) bond motifs is 1. The maximum absolute atomic E-state index is 13.4. The molecule has 1 heterocycles. The Bertz CT molecular complexity index is 908. The Labute approximate surface area is 169 Å². The predicted octanol–water partition coefficient (Wildman–Crippen LogP) is 4.55. The lowest BCUT2D eigenvalue weighted by molar-refractivity contribution is 0.202. The van der Waals surface area contributed by atoms with Crippen LogP contribution in [0.1, 0.15) is 43.7 Å². The first-order chi connectivity index (χ1) is 13.4. The largest absolute Gasteiger partial charge is 0.400 e. The summed E-state index contributed by atoms with van der Waals surface area (Å²) in [6.45, 7) is 4.89. The van der Waals surface area contributed by atoms with E-state index in [-0.39, 0.29) is 5.41 Å². The summed E-state index contributed by atoms with van der Waals surface area (Å²) in [5.74, 6) is 0.651. The fraction of sp³-hybridized carbons (Fsp3) is 0.478. The van der Waals surface area contributed by atoms with Crippen molar-refractivity contribution in [2.24, 2.45) is 11.3 Å². The second-order valence-electron chi connectivity index (χ2n) is 8.10. The van der Waals surface area contributed by atoms with E-state index in [9.17, 15) is 8.42 Å². The predicted molar refractivity (Wildman–Crippen MR) is 114 cm³/mol. The van der Waals surface area contributed by atoms with E-state index in [0.29, 0.717) is 17.4 Å². The van der Waals surface area contributed by atoms with Gasteiger partial charge in [-0.25, -0.2) is 8.42 Å². The van der Waals surface area contributed by atoms with Crippen molar-refractivity contribution < 1.29 is 13.5 Å². The van der Waals surface area contributed by atoms with Crippen molar-refractivity contribution in [2.75, 3.05) is 18.0 Å². The van der Waals surface area contributed by atoms with E-state index < -0.39 is 10.0 Å². The summed E-state index contributed by atoms with van der Waals surface area (Å²) in [7, 11) is -2.55. The van der Waals surface area contributed by atoms with Gasteiger partial charge in [-0.05, 0) is 61.3 Å². The molecular formula is C23H31NO3S. The quantitative estimate of drug-likeness (QED) is 0.803. The van der Waals surface area contributed by atoms with Crippen LogP contribution in [0, 0.1) is 18.3 Å². The molecule has 0 saturated heterocycles. The van der Waals surface area contributed by atoms with Gasteiger partial charge < -0.3 is 5.11 Å². The van der Waals surface area contributed by atoms with Gasteiger partial charge in [-0.3, -0.25) is 4.31 Å². The third kappa shape index (κ3) is 3.70. The van der Waals surface area contributed by atoms with Gasteiger partial charge in [0.1, 0.15) is 0 Å². The number of hydrogen-bond acceptors (Lipinski definition) is 3. The van der Waals surface area contributed by atoms with Crippen molar-refractivity contribution in [2.45, 2.75) is 50.8 Å². The molecule has 2 atom stereocenters. The molecule has 1 aliphatic carbocycles. The van der Waals surface area contributed by atoms with Gasteiger partial charge in [-0.15, -0.1) is 0 Å². The summed E-state index contributed by atoms with van der Waals surface area (Å²) in [4.78, 5) is 0.383. The highest BCUT2D eigenvalue weighted by Gasteiger charge is 2.43. The van der Waals surface area contributed by atoms with Gasteiger partial charge in [0.05, 0.1) is 10.6 Å². The molecule has 0 bridgehead atoms. The molecule has 2 aromatic rings. The lowest BCUT2D eigenvalue weighted by Crippen LogP contribution is -2.34. The SMILES string of the molecule is CO.Cc1ccc(S(=O)(=O)N2CCC3(CCCC3C)Cc3ccccc32)cc1. The third-order valence-electron chi connectivity index (χ3n) is 6.58. The van der Waals surface area contributed by atoms with Gasteiger partial charge in [0, 0.05) is 13.7 Å². The molecule has 1 aliphatic heterocycles. The van der Waals surface area contributed by atoms with Crippen molar-refractivity contribution in [1.29, 1.82) is 0 Å². The van der Waals surface area contributed by atoms with Gasteiger partial charge in [0.25, 0.3) is 10.0 Å². The summed E-state index contributed by atoms with van der Waals surface area (Å²) in [5.41, 5.74) is 3.35. The molecule has 152 valence electrons. The molecule has 5 heteroatoms. The zero-order valence-corrected chi connectivity index (χ0v) is 17.9. The minimum absolute atomic E-state index is 0.244. The molecule has 0 radical (unpaired) electrons. The molecule has 2 aliphatic rings. The number of rotatable bonds is 2. The molecular weight excluding hydrogens is 370 g/mol. The zero-order valence-electron chi connectivity index (χ0n) is 17.1. The summed E-state index contributed by atoms with van der Waals surface area (Å²) in [5, 5.41) is 7.00. The first-order valence-corrected chi connectivity index (χ1v) is 11.5. The fourth-order valence-electron chi connectivity index (χ4n) is 4.85. The standard InChI is InChI=1S/C22H27NO2S.CH4O/c1-17-9-11-20(12-10-17)26(24,25)23-15-14-22(13-5-6-18(22)2)16-19-7-3-4-8-21(19)23;1-2/h3-4,7-12,18H,5-6,13-16H2,1-2H3;2H,1H3. The molecule has 1 fully saturated rings. The normalized spacial score (nSPS) is 24.3. The van der Waals surface area contributed by atoms with Crippen LogP contribution in [0.3, 0.4) is 0 Å². The van der Waals surface area contributed by atoms with E-state index in [1.54, 1.807) is 16.4 Å². The Hall–Kier alpha value is -1.85. The van der Waals surface area contributed by atoms with Crippen LogP contribution in [0.15, 0.2) is 53.4 Å². The van der Waals surface area contributed by atoms with Crippen molar-refractivity contribution in [3.8, 4) is 0 Å². The molecule has 2 unspecified atom stereocenters. The molecule has 4 rings (SSSR count). The van der Waals surface area contributed by atoms with Crippen LogP contribution in [0.4, 0.5) is 5.69 Å². The molecule has 0 amide bonds. The number of para-hydroxylation sites is 1. The highest BCUT2D eigenvalue weighted by atomic mass is 32.2. The Morgan fingerprint density at radius 3 is 2.36 bits per heavy atom. The molecule has 2 aromatic carbocycles. The Morgan fingerprint density at radius 2 is 1.71 bits per heavy atom. The monoisotopic (exact) mass is 401 g/mol. The van der Waals surface area contributed by atoms with E-state index in [1.807, 2.05) is 37.3 Å². The van der Waals surface area contributed by atoms with Crippen LogP contribution in [0.2, 0.25) is 0 Å². The minimum atomic E-state index is -3.55. The Balaban J connectivity index is 0.00000109. The first-order valence-electron chi connectivity index (χ1n) is 10.0. The van der Waals surface area contributed by atoms with Gasteiger partial charge in [-0.2, -0.15) is 0 Å². The lowest BCUT2D eigenvalue weighted by atomic mass is 9.72. The average Bonchev–Trinajstić information content (AvgIpc) is 2.95. The molecule has 0 aromatic heterocycles. The van der Waals surface area contributed by atoms with Crippen LogP contribution >= 0.6 is 0 Å². The number of anilines is 1. The van der Waals surface area contributed by atoms with Crippen molar-refractivity contribution in [3.05, 3.63) is 59.7 Å². The number of nitrogens with zero attached hydrogens (tertiary/aromatic N) is 1. The van der Waals surface area contributed by atoms with E-state index in [0.717, 1.165) is 31.2 Å². The minimum Gasteiger partial charge on any atom is -0.400 e. The lowest BCUT2D eigenvalue weighted by Gasteiger charge is -2.33. The first kappa shape index (κ1) is 20.9. The molecule has 1 N–H and O–H groups in total. The summed E-state index contributed by atoms with van der Waals surface area (Å²) in [6.07, 6.45) is 5.65. The van der Waals surface area contributed by atoms with Gasteiger partial charge in [0.15, 0.2) is 0 Å². The van der Waals surface area contributed by atoms with Gasteiger partial charge in [0.2, 0.25) is 0 Å². The van der Waals surface area contributed by atoms with Crippen LogP contribution in [-0.2, 0) is 16.4 Å². The van der Waals surface area contributed by atoms with Crippen LogP contribution < -0.4 is 4.31 Å². The van der Waals surface area contributed by atoms with Crippen molar-refractivity contribution in [1.82, 2.24) is 0 Å². The van der Waals surface area contributed by atoms with E-state index in [4.69, 9.17) is 5.11 Å². The number of aryl methyl sites for hydroxylation is 1. The number of hydrogen-bond donors (Lipinski definition) is 1. The van der Waals surface area contributed by atoms with Crippen LogP contribution in [0.5, 0.6) is 0 Å². The van der Waals surface area contributed by atoms with E-state index in [2.05, 4.69) is 13.0 Å². The number of aliphatic hydroxyl groups is 1. The molecule has 4 nitrogen and oxygen atoms in total. The van der Waals surface area contributed by atoms with Gasteiger partial charge in [-0.1, -0.05) is 55.7 Å². The number of benzene rings is 2. The summed E-state index contributed by atoms with van der Waals surface area (Å²) < 4.78 is 28.5. The summed E-state index contributed by atoms with van der Waals surface area (Å²) in [6, 6.07) is 15.3. The van der Waals surface area contributed by atoms with Crippen molar-refractivity contribution in [3.63, 3.8) is 0 Å². The van der Waals surface area contributed by atoms with Crippen molar-refractivity contribution >= 4 is 15.7 Å². The highest BCUT2D eigenvalue weighted by molar-refractivity contribution is 7.92. The average molecular weight is 402 g/mol. The fourth-order valence-corrected chi connectivity index (χ4v) is 6.35. The van der Waals surface area contributed by atoms with Gasteiger partial charge >= 0.3 is 0 Å². The molecule has 1 saturated carbocycles. The highest BCUT2D eigenvalue weighted by Crippen LogP contribution is 2.51. The molecule has 28 heavy (non-hydrogen) atoms. The summed E-state index contributed by atoms with van der Waals surface area (Å²) >= 11 is 0. The smallest absolute Gasteiger partial charge is 0.264 e.